The molecule has 1 aromatic carbocycles. The highest BCUT2D eigenvalue weighted by atomic mass is 19.4. The number of amides is 2. The van der Waals surface area contributed by atoms with Crippen molar-refractivity contribution in [2.75, 3.05) is 11.4 Å². The number of carbonyl (C=O) groups is 1. The topological polar surface area (TPSA) is 36.4 Å². The van der Waals surface area contributed by atoms with Gasteiger partial charge >= 0.3 is 12.2 Å². The van der Waals surface area contributed by atoms with E-state index in [1.165, 1.54) is 4.90 Å². The van der Waals surface area contributed by atoms with Crippen LogP contribution in [0.2, 0.25) is 0 Å². The predicted octanol–water partition coefficient (Wildman–Crippen LogP) is 3.59. The molecule has 0 spiro atoms. The summed E-state index contributed by atoms with van der Waals surface area (Å²) in [6, 6.07) is 9.84. The van der Waals surface area contributed by atoms with Gasteiger partial charge in [-0.05, 0) is 29.3 Å². The maximum atomic E-state index is 12.7. The maximum absolute atomic E-state index is 12.7. The fraction of sp³-hybridized carbons (Fsp3) is 0.250. The minimum Gasteiger partial charge on any atom is -0.311 e. The number of aromatic nitrogens is 1. The standard InChI is InChI=1S/C16H14F3N3O/c17-16(18,19)11-21-10-13-3-1-2-4-14(13)22(15(21)23)9-12-5-7-20-8-6-12/h1-8H,9-11H2. The molecule has 1 aliphatic heterocycles. The molecule has 0 bridgehead atoms. The lowest BCUT2D eigenvalue weighted by atomic mass is 10.1. The third-order valence-corrected chi connectivity index (χ3v) is 3.61. The predicted molar refractivity (Wildman–Crippen MR) is 78.7 cm³/mol. The van der Waals surface area contributed by atoms with Gasteiger partial charge in [0.2, 0.25) is 0 Å². The SMILES string of the molecule is O=C1N(CC(F)(F)F)Cc2ccccc2N1Cc1ccncc1. The van der Waals surface area contributed by atoms with Crippen LogP contribution in [0.4, 0.5) is 23.7 Å². The number of halogens is 3. The summed E-state index contributed by atoms with van der Waals surface area (Å²) in [5.74, 6) is 0. The summed E-state index contributed by atoms with van der Waals surface area (Å²) in [6.45, 7) is -1.10. The van der Waals surface area contributed by atoms with E-state index in [2.05, 4.69) is 4.98 Å². The van der Waals surface area contributed by atoms with Gasteiger partial charge < -0.3 is 4.90 Å². The van der Waals surface area contributed by atoms with Crippen molar-refractivity contribution in [3.63, 3.8) is 0 Å². The van der Waals surface area contributed by atoms with Gasteiger partial charge in [0.05, 0.1) is 12.2 Å². The zero-order valence-corrected chi connectivity index (χ0v) is 12.1. The lowest BCUT2D eigenvalue weighted by Gasteiger charge is -2.37. The number of benzene rings is 1. The highest BCUT2D eigenvalue weighted by Gasteiger charge is 2.38. The van der Waals surface area contributed by atoms with E-state index in [0.717, 1.165) is 10.5 Å². The number of alkyl halides is 3. The van der Waals surface area contributed by atoms with Crippen molar-refractivity contribution < 1.29 is 18.0 Å². The molecule has 0 unspecified atom stereocenters. The van der Waals surface area contributed by atoms with Gasteiger partial charge in [0.25, 0.3) is 0 Å². The fourth-order valence-corrected chi connectivity index (χ4v) is 2.62. The molecule has 0 aliphatic carbocycles. The molecule has 4 nitrogen and oxygen atoms in total. The van der Waals surface area contributed by atoms with Crippen LogP contribution in [0.15, 0.2) is 48.8 Å². The molecule has 0 saturated carbocycles. The Labute approximate surface area is 131 Å². The Hall–Kier alpha value is -2.57. The fourth-order valence-electron chi connectivity index (χ4n) is 2.62. The number of carbonyl (C=O) groups excluding carboxylic acids is 1. The average Bonchev–Trinajstić information content (AvgIpc) is 2.51. The van der Waals surface area contributed by atoms with Crippen LogP contribution in [-0.4, -0.2) is 28.6 Å². The van der Waals surface area contributed by atoms with E-state index in [0.29, 0.717) is 11.3 Å². The third-order valence-electron chi connectivity index (χ3n) is 3.61. The summed E-state index contributed by atoms with van der Waals surface area (Å²) in [5, 5.41) is 0. The van der Waals surface area contributed by atoms with Gasteiger partial charge in [0, 0.05) is 18.9 Å². The van der Waals surface area contributed by atoms with Crippen LogP contribution in [0, 0.1) is 0 Å². The first-order chi connectivity index (χ1) is 10.9. The molecular formula is C16H14F3N3O. The molecule has 1 aliphatic rings. The molecule has 120 valence electrons. The summed E-state index contributed by atoms with van der Waals surface area (Å²) < 4.78 is 38.2. The number of pyridine rings is 1. The Bertz CT molecular complexity index is 703. The highest BCUT2D eigenvalue weighted by Crippen LogP contribution is 2.31. The van der Waals surface area contributed by atoms with Crippen molar-refractivity contribution in [1.29, 1.82) is 0 Å². The van der Waals surface area contributed by atoms with Crippen molar-refractivity contribution in [2.24, 2.45) is 0 Å². The van der Waals surface area contributed by atoms with Gasteiger partial charge in [-0.3, -0.25) is 9.88 Å². The first-order valence-electron chi connectivity index (χ1n) is 7.04. The van der Waals surface area contributed by atoms with Crippen LogP contribution in [0.25, 0.3) is 0 Å². The average molecular weight is 321 g/mol. The summed E-state index contributed by atoms with van der Waals surface area (Å²) in [4.78, 5) is 18.6. The zero-order chi connectivity index (χ0) is 16.4. The molecule has 7 heteroatoms. The van der Waals surface area contributed by atoms with Crippen LogP contribution in [0.5, 0.6) is 0 Å². The van der Waals surface area contributed by atoms with Crippen LogP contribution in [-0.2, 0) is 13.1 Å². The molecule has 0 N–H and O–H groups in total. The Morgan fingerprint density at radius 2 is 1.78 bits per heavy atom. The Morgan fingerprint density at radius 1 is 1.09 bits per heavy atom. The van der Waals surface area contributed by atoms with Crippen molar-refractivity contribution in [3.05, 3.63) is 59.9 Å². The molecule has 0 radical (unpaired) electrons. The molecular weight excluding hydrogens is 307 g/mol. The quantitative estimate of drug-likeness (QED) is 0.866. The second-order valence-electron chi connectivity index (χ2n) is 5.32. The van der Waals surface area contributed by atoms with Crippen molar-refractivity contribution in [2.45, 2.75) is 19.3 Å². The second-order valence-corrected chi connectivity index (χ2v) is 5.32. The zero-order valence-electron chi connectivity index (χ0n) is 12.1. The van der Waals surface area contributed by atoms with Gasteiger partial charge in [-0.15, -0.1) is 0 Å². The molecule has 0 saturated heterocycles. The van der Waals surface area contributed by atoms with E-state index in [-0.39, 0.29) is 13.1 Å². The molecule has 1 aromatic heterocycles. The van der Waals surface area contributed by atoms with Gasteiger partial charge in [0.1, 0.15) is 6.54 Å². The third kappa shape index (κ3) is 3.44. The van der Waals surface area contributed by atoms with Crippen molar-refractivity contribution in [3.8, 4) is 0 Å². The summed E-state index contributed by atoms with van der Waals surface area (Å²) >= 11 is 0. The first kappa shape index (κ1) is 15.3. The van der Waals surface area contributed by atoms with E-state index < -0.39 is 18.8 Å². The van der Waals surface area contributed by atoms with Crippen LogP contribution in [0.1, 0.15) is 11.1 Å². The van der Waals surface area contributed by atoms with E-state index >= 15 is 0 Å². The Morgan fingerprint density at radius 3 is 2.48 bits per heavy atom. The maximum Gasteiger partial charge on any atom is 0.406 e. The molecule has 23 heavy (non-hydrogen) atoms. The van der Waals surface area contributed by atoms with Crippen molar-refractivity contribution >= 4 is 11.7 Å². The number of anilines is 1. The lowest BCUT2D eigenvalue weighted by Crippen LogP contribution is -2.49. The largest absolute Gasteiger partial charge is 0.406 e. The number of para-hydroxylation sites is 1. The molecule has 0 atom stereocenters. The normalized spacial score (nSPS) is 14.8. The molecule has 3 rings (SSSR count). The van der Waals surface area contributed by atoms with Gasteiger partial charge in [-0.25, -0.2) is 4.79 Å². The second kappa shape index (κ2) is 5.91. The van der Waals surface area contributed by atoms with Crippen molar-refractivity contribution in [1.82, 2.24) is 9.88 Å². The Kier molecular flexibility index (Phi) is 3.94. The molecule has 2 aromatic rings. The number of nitrogens with zero attached hydrogens (tertiary/aromatic N) is 3. The first-order valence-corrected chi connectivity index (χ1v) is 7.04. The minimum atomic E-state index is -4.43. The molecule has 2 heterocycles. The van der Waals surface area contributed by atoms with E-state index in [1.807, 2.05) is 0 Å². The lowest BCUT2D eigenvalue weighted by molar-refractivity contribution is -0.140. The van der Waals surface area contributed by atoms with Crippen LogP contribution < -0.4 is 4.90 Å². The number of rotatable bonds is 3. The van der Waals surface area contributed by atoms with Gasteiger partial charge in [-0.2, -0.15) is 13.2 Å². The van der Waals surface area contributed by atoms with Gasteiger partial charge in [0.15, 0.2) is 0 Å². The number of hydrogen-bond acceptors (Lipinski definition) is 2. The van der Waals surface area contributed by atoms with Crippen LogP contribution in [0.3, 0.4) is 0 Å². The number of hydrogen-bond donors (Lipinski definition) is 0. The molecule has 2 amide bonds. The van der Waals surface area contributed by atoms with Gasteiger partial charge in [-0.1, -0.05) is 18.2 Å². The number of urea groups is 1. The molecule has 0 fully saturated rings. The summed E-state index contributed by atoms with van der Waals surface area (Å²) in [6.07, 6.45) is -1.25. The Balaban J connectivity index is 1.93. The van der Waals surface area contributed by atoms with E-state index in [4.69, 9.17) is 0 Å². The van der Waals surface area contributed by atoms with Crippen LogP contribution >= 0.6 is 0 Å². The minimum absolute atomic E-state index is 0.0403. The summed E-state index contributed by atoms with van der Waals surface area (Å²) in [5.41, 5.74) is 2.15. The van der Waals surface area contributed by atoms with E-state index in [9.17, 15) is 18.0 Å². The number of fused-ring (bicyclic) bond motifs is 1. The smallest absolute Gasteiger partial charge is 0.311 e. The van der Waals surface area contributed by atoms with E-state index in [1.54, 1.807) is 48.8 Å². The monoisotopic (exact) mass is 321 g/mol. The highest BCUT2D eigenvalue weighted by molar-refractivity contribution is 5.94. The summed E-state index contributed by atoms with van der Waals surface area (Å²) in [7, 11) is 0.